The number of carbonyl (C=O) groups excluding carboxylic acids is 1. The van der Waals surface area contributed by atoms with Gasteiger partial charge < -0.3 is 55.5 Å². The predicted molar refractivity (Wildman–Crippen MR) is 59.8 cm³/mol. The van der Waals surface area contributed by atoms with Crippen LogP contribution >= 0.6 is 12.2 Å². The Balaban J connectivity index is -0.000000340. The van der Waals surface area contributed by atoms with E-state index in [1.807, 2.05) is 0 Å². The van der Waals surface area contributed by atoms with Gasteiger partial charge in [-0.1, -0.05) is 0 Å². The Morgan fingerprint density at radius 3 is 1.82 bits per heavy atom. The Morgan fingerprint density at radius 2 is 1.59 bits per heavy atom. The van der Waals surface area contributed by atoms with Gasteiger partial charge in [-0.05, 0) is 0 Å². The van der Waals surface area contributed by atoms with E-state index in [9.17, 15) is 4.79 Å². The fourth-order valence-electron chi connectivity index (χ4n) is 0.602. The second-order valence-electron chi connectivity index (χ2n) is 2.58. The molecule has 96 valence electrons. The van der Waals surface area contributed by atoms with Gasteiger partial charge in [0.2, 0.25) is 0 Å². The van der Waals surface area contributed by atoms with Crippen LogP contribution in [0.25, 0.3) is 0 Å². The van der Waals surface area contributed by atoms with Crippen LogP contribution in [0.15, 0.2) is 0 Å². The van der Waals surface area contributed by atoms with Gasteiger partial charge >= 0.3 is 51.4 Å². The third-order valence-corrected chi connectivity index (χ3v) is 1.39. The van der Waals surface area contributed by atoms with Crippen LogP contribution in [0.5, 0.6) is 0 Å². The minimum absolute atomic E-state index is 0. The number of rotatable bonds is 5. The molecule has 0 aromatic carbocycles. The third-order valence-electron chi connectivity index (χ3n) is 1.39. The Kier molecular flexibility index (Phi) is 18.7. The summed E-state index contributed by atoms with van der Waals surface area (Å²) in [6, 6.07) is 0. The summed E-state index contributed by atoms with van der Waals surface area (Å²) in [6.07, 6.45) is -5.22. The largest absolute Gasteiger partial charge is 1.00 e. The summed E-state index contributed by atoms with van der Waals surface area (Å²) in [5.74, 6) is -1.00. The predicted octanol–water partition coefficient (Wildman–Crippen LogP) is -6.00. The molecule has 10 heteroatoms. The maximum atomic E-state index is 10.5. The molecule has 6 N–H and O–H groups in total. The molecule has 0 heterocycles. The van der Waals surface area contributed by atoms with Gasteiger partial charge in [-0.3, -0.25) is 4.79 Å². The molecule has 0 saturated heterocycles. The Morgan fingerprint density at radius 1 is 1.24 bits per heavy atom. The van der Waals surface area contributed by atoms with Crippen molar-refractivity contribution in [3.8, 4) is 0 Å². The number of carbonyl (C=O) groups is 1. The number of thiocarbonyl (C=S) groups is 1. The monoisotopic (exact) mass is 312 g/mol. The van der Waals surface area contributed by atoms with Crippen LogP contribution in [0.2, 0.25) is 0 Å². The minimum atomic E-state index is -1.86. The Hall–Kier alpha value is 1.22. The summed E-state index contributed by atoms with van der Waals surface area (Å²) in [4.78, 5) is 10.5. The van der Waals surface area contributed by atoms with Crippen LogP contribution in [0, 0.1) is 0 Å². The first kappa shape index (κ1) is 23.3. The van der Waals surface area contributed by atoms with Crippen LogP contribution < -0.4 is 51.4 Å². The Bertz CT molecular complexity index is 224. The Labute approximate surface area is 151 Å². The van der Waals surface area contributed by atoms with Crippen molar-refractivity contribution in [2.45, 2.75) is 18.3 Å². The van der Waals surface area contributed by atoms with Gasteiger partial charge in [-0.2, -0.15) is 0 Å². The maximum absolute atomic E-state index is 10.5. The number of hydrogen-bond acceptors (Lipinski definition) is 8. The fraction of sp³-hybridized carbons (Fsp3) is 0.714. The number of ketones is 1. The van der Waals surface area contributed by atoms with Crippen LogP contribution in [0.3, 0.4) is 0 Å². The molecule has 0 spiro atoms. The van der Waals surface area contributed by atoms with E-state index >= 15 is 0 Å². The van der Waals surface area contributed by atoms with E-state index in [0.717, 1.165) is 0 Å². The van der Waals surface area contributed by atoms with Crippen molar-refractivity contribution in [1.82, 2.24) is 0 Å². The van der Waals surface area contributed by atoms with Gasteiger partial charge in [-0.15, -0.1) is 0 Å². The molecule has 0 aromatic heterocycles. The molecule has 0 aliphatic rings. The summed E-state index contributed by atoms with van der Waals surface area (Å²) in [5.41, 5.74) is 0. The molecule has 0 aliphatic heterocycles. The summed E-state index contributed by atoms with van der Waals surface area (Å²) >= 11 is 7.81. The van der Waals surface area contributed by atoms with Gasteiger partial charge in [0.1, 0.15) is 24.9 Å². The first-order chi connectivity index (χ1) is 7.27. The molecule has 7 nitrogen and oxygen atoms in total. The minimum Gasteiger partial charge on any atom is -0.528 e. The summed E-state index contributed by atoms with van der Waals surface area (Å²) in [7, 11) is 0. The molecule has 0 saturated carbocycles. The number of aliphatic hydroxyl groups is 6. The molecule has 0 radical (unpaired) electrons. The van der Waals surface area contributed by atoms with Gasteiger partial charge in [0.05, 0.1) is 6.61 Å². The summed E-state index contributed by atoms with van der Waals surface area (Å²) in [6.45, 7) is -1.69. The number of aliphatic hydroxyl groups excluding tert-OH is 6. The maximum Gasteiger partial charge on any atom is 1.00 e. The molecule has 0 amide bonds. The zero-order chi connectivity index (χ0) is 13.3. The zero-order valence-corrected chi connectivity index (χ0v) is 13.8. The quantitative estimate of drug-likeness (QED) is 0.166. The average molecular weight is 312 g/mol. The SMILES string of the molecule is O=C(CO)[C@@H](O)[C@H](O)[C@H](O)CO.OC(=S)[S-].[K+]. The van der Waals surface area contributed by atoms with Gasteiger partial charge in [-0.25, -0.2) is 0 Å². The molecule has 0 fully saturated rings. The first-order valence-corrected chi connectivity index (χ1v) is 4.78. The standard InChI is InChI=1S/C6H12O6.CH2OS2.K/c7-1-3(9)5(11)6(12)4(10)2-8;2-1(3)4;/h3,5-9,11-12H,1-2H2;(H2,2,3,4);/q;;+1/p-1/t3-,5-,6-;;/m1../s1. The van der Waals surface area contributed by atoms with Gasteiger partial charge in [0.25, 0.3) is 0 Å². The van der Waals surface area contributed by atoms with Crippen LogP contribution in [-0.2, 0) is 17.4 Å². The molecule has 0 rings (SSSR count). The molecule has 0 aromatic rings. The van der Waals surface area contributed by atoms with Crippen molar-refractivity contribution in [2.75, 3.05) is 13.2 Å². The van der Waals surface area contributed by atoms with E-state index in [1.54, 1.807) is 0 Å². The molecule has 0 unspecified atom stereocenters. The van der Waals surface area contributed by atoms with E-state index in [2.05, 4.69) is 24.8 Å². The van der Waals surface area contributed by atoms with Crippen LogP contribution in [-0.4, -0.2) is 72.3 Å². The van der Waals surface area contributed by atoms with E-state index in [0.29, 0.717) is 0 Å². The molecule has 0 aliphatic carbocycles. The molecular formula is C7H13KO7S2. The normalized spacial score (nSPS) is 14.4. The molecule has 3 atom stereocenters. The van der Waals surface area contributed by atoms with E-state index in [1.165, 1.54) is 0 Å². The van der Waals surface area contributed by atoms with E-state index in [4.69, 9.17) is 30.6 Å². The van der Waals surface area contributed by atoms with E-state index in [-0.39, 0.29) is 51.4 Å². The van der Waals surface area contributed by atoms with Crippen LogP contribution in [0.1, 0.15) is 0 Å². The average Bonchev–Trinajstić information content (AvgIpc) is 2.24. The zero-order valence-electron chi connectivity index (χ0n) is 9.05. The first-order valence-electron chi connectivity index (χ1n) is 3.96. The van der Waals surface area contributed by atoms with Crippen molar-refractivity contribution in [2.24, 2.45) is 0 Å². The number of hydrogen-bond donors (Lipinski definition) is 6. The van der Waals surface area contributed by atoms with Crippen molar-refractivity contribution >= 4 is 35.0 Å². The van der Waals surface area contributed by atoms with Crippen molar-refractivity contribution in [3.05, 3.63) is 0 Å². The molecule has 0 bridgehead atoms. The second kappa shape index (κ2) is 13.6. The molecule has 17 heavy (non-hydrogen) atoms. The van der Waals surface area contributed by atoms with Crippen molar-refractivity contribution < 1.29 is 86.8 Å². The van der Waals surface area contributed by atoms with Gasteiger partial charge in [0, 0.05) is 4.38 Å². The topological polar surface area (TPSA) is 138 Å². The summed E-state index contributed by atoms with van der Waals surface area (Å²) in [5, 5.41) is 50.7. The molecular weight excluding hydrogens is 299 g/mol. The van der Waals surface area contributed by atoms with E-state index < -0.39 is 41.7 Å². The van der Waals surface area contributed by atoms with Crippen LogP contribution in [0.4, 0.5) is 0 Å². The van der Waals surface area contributed by atoms with Crippen molar-refractivity contribution in [1.29, 1.82) is 0 Å². The second-order valence-corrected chi connectivity index (χ2v) is 3.61. The smallest absolute Gasteiger partial charge is 0.528 e. The van der Waals surface area contributed by atoms with Gasteiger partial charge in [0.15, 0.2) is 5.78 Å². The van der Waals surface area contributed by atoms with Crippen molar-refractivity contribution in [3.63, 3.8) is 0 Å². The third kappa shape index (κ3) is 13.4. The number of Topliss-reactive ketones (excluding diaryl/α,β-unsaturated/α-hetero) is 1. The fourth-order valence-corrected chi connectivity index (χ4v) is 0.602. The summed E-state index contributed by atoms with van der Waals surface area (Å²) < 4.78 is -0.417.